The first kappa shape index (κ1) is 14.1. The Balaban J connectivity index is 1.95. The van der Waals surface area contributed by atoms with E-state index in [0.717, 1.165) is 32.5 Å². The predicted octanol–water partition coefficient (Wildman–Crippen LogP) is 2.99. The number of nitrogens with zero attached hydrogens (tertiary/aromatic N) is 1. The molecular formula is C16H23NO2. The molecule has 1 aliphatic rings. The summed E-state index contributed by atoms with van der Waals surface area (Å²) in [6.07, 6.45) is 1.49. The predicted molar refractivity (Wildman–Crippen MR) is 76.2 cm³/mol. The number of aliphatic carboxylic acids is 1. The molecule has 19 heavy (non-hydrogen) atoms. The topological polar surface area (TPSA) is 40.5 Å². The van der Waals surface area contributed by atoms with Gasteiger partial charge >= 0.3 is 5.97 Å². The summed E-state index contributed by atoms with van der Waals surface area (Å²) >= 11 is 0. The number of rotatable bonds is 3. The summed E-state index contributed by atoms with van der Waals surface area (Å²) in [6, 6.07) is 6.57. The second kappa shape index (κ2) is 5.33. The molecule has 1 aromatic rings. The Morgan fingerprint density at radius 2 is 1.89 bits per heavy atom. The molecule has 0 aromatic heterocycles. The first-order valence-corrected chi connectivity index (χ1v) is 6.93. The van der Waals surface area contributed by atoms with Crippen LogP contribution in [0.4, 0.5) is 0 Å². The van der Waals surface area contributed by atoms with E-state index in [9.17, 15) is 9.90 Å². The second-order valence-corrected chi connectivity index (χ2v) is 6.06. The fraction of sp³-hybridized carbons (Fsp3) is 0.562. The average Bonchev–Trinajstić information content (AvgIpc) is 2.37. The van der Waals surface area contributed by atoms with Gasteiger partial charge in [-0.2, -0.15) is 0 Å². The lowest BCUT2D eigenvalue weighted by Gasteiger charge is -2.36. The van der Waals surface area contributed by atoms with Crippen molar-refractivity contribution in [1.29, 1.82) is 0 Å². The quantitative estimate of drug-likeness (QED) is 0.909. The molecule has 1 heterocycles. The highest BCUT2D eigenvalue weighted by atomic mass is 16.4. The molecule has 0 saturated carbocycles. The minimum atomic E-state index is -0.654. The average molecular weight is 261 g/mol. The van der Waals surface area contributed by atoms with Gasteiger partial charge in [-0.1, -0.05) is 18.2 Å². The van der Waals surface area contributed by atoms with Crippen LogP contribution in [0.3, 0.4) is 0 Å². The number of carboxylic acid groups (broad SMARTS) is 1. The molecule has 1 aliphatic heterocycles. The van der Waals surface area contributed by atoms with Crippen LogP contribution >= 0.6 is 0 Å². The molecule has 0 amide bonds. The summed E-state index contributed by atoms with van der Waals surface area (Å²) in [7, 11) is 0. The zero-order valence-corrected chi connectivity index (χ0v) is 12.1. The van der Waals surface area contributed by atoms with Crippen LogP contribution in [-0.2, 0) is 11.3 Å². The van der Waals surface area contributed by atoms with Gasteiger partial charge in [0.15, 0.2) is 0 Å². The van der Waals surface area contributed by atoms with Gasteiger partial charge in [-0.05, 0) is 63.4 Å². The molecule has 3 heteroatoms. The van der Waals surface area contributed by atoms with E-state index in [-0.39, 0.29) is 0 Å². The molecule has 0 bridgehead atoms. The molecule has 3 nitrogen and oxygen atoms in total. The van der Waals surface area contributed by atoms with Crippen molar-refractivity contribution in [2.45, 2.75) is 40.2 Å². The van der Waals surface area contributed by atoms with Crippen LogP contribution in [0, 0.1) is 19.3 Å². The summed E-state index contributed by atoms with van der Waals surface area (Å²) in [6.45, 7) is 8.79. The third kappa shape index (κ3) is 3.16. The molecule has 2 rings (SSSR count). The van der Waals surface area contributed by atoms with E-state index in [0.29, 0.717) is 0 Å². The summed E-state index contributed by atoms with van der Waals surface area (Å²) in [5.41, 5.74) is 3.44. The van der Waals surface area contributed by atoms with Crippen molar-refractivity contribution in [2.75, 3.05) is 13.1 Å². The summed E-state index contributed by atoms with van der Waals surface area (Å²) in [5.74, 6) is -0.654. The molecule has 1 N–H and O–H groups in total. The minimum absolute atomic E-state index is 0.528. The van der Waals surface area contributed by atoms with Crippen LogP contribution in [0.5, 0.6) is 0 Å². The van der Waals surface area contributed by atoms with Gasteiger partial charge in [0.2, 0.25) is 0 Å². The first-order valence-electron chi connectivity index (χ1n) is 6.93. The number of aryl methyl sites for hydroxylation is 2. The molecular weight excluding hydrogens is 238 g/mol. The monoisotopic (exact) mass is 261 g/mol. The highest BCUT2D eigenvalue weighted by molar-refractivity contribution is 5.74. The van der Waals surface area contributed by atoms with Gasteiger partial charge in [-0.3, -0.25) is 9.69 Å². The van der Waals surface area contributed by atoms with Crippen molar-refractivity contribution in [3.8, 4) is 0 Å². The minimum Gasteiger partial charge on any atom is -0.481 e. The van der Waals surface area contributed by atoms with E-state index in [2.05, 4.69) is 36.9 Å². The molecule has 1 fully saturated rings. The van der Waals surface area contributed by atoms with Gasteiger partial charge in [0, 0.05) is 6.54 Å². The Morgan fingerprint density at radius 1 is 1.26 bits per heavy atom. The molecule has 0 unspecified atom stereocenters. The molecule has 0 spiro atoms. The Labute approximate surface area is 115 Å². The standard InChI is InChI=1S/C16H23NO2/c1-12-4-5-14(10-13(12)2)11-17-8-6-16(3,7-9-17)15(18)19/h4-5,10H,6-9,11H2,1-3H3,(H,18,19). The number of hydrogen-bond acceptors (Lipinski definition) is 2. The zero-order chi connectivity index (χ0) is 14.0. The van der Waals surface area contributed by atoms with E-state index in [1.807, 2.05) is 6.92 Å². The van der Waals surface area contributed by atoms with E-state index in [1.54, 1.807) is 0 Å². The normalized spacial score (nSPS) is 19.3. The van der Waals surface area contributed by atoms with E-state index in [1.165, 1.54) is 16.7 Å². The van der Waals surface area contributed by atoms with Gasteiger partial charge in [-0.15, -0.1) is 0 Å². The zero-order valence-electron chi connectivity index (χ0n) is 12.1. The molecule has 104 valence electrons. The van der Waals surface area contributed by atoms with Crippen molar-refractivity contribution >= 4 is 5.97 Å². The van der Waals surface area contributed by atoms with Gasteiger partial charge in [-0.25, -0.2) is 0 Å². The second-order valence-electron chi connectivity index (χ2n) is 6.06. The third-order valence-electron chi connectivity index (χ3n) is 4.45. The smallest absolute Gasteiger partial charge is 0.309 e. The summed E-state index contributed by atoms with van der Waals surface area (Å²) in [4.78, 5) is 13.6. The van der Waals surface area contributed by atoms with Crippen LogP contribution in [0.1, 0.15) is 36.5 Å². The largest absolute Gasteiger partial charge is 0.481 e. The van der Waals surface area contributed by atoms with Crippen molar-refractivity contribution in [3.05, 3.63) is 34.9 Å². The maximum absolute atomic E-state index is 11.2. The highest BCUT2D eigenvalue weighted by Gasteiger charge is 2.36. The van der Waals surface area contributed by atoms with Gasteiger partial charge in [0.05, 0.1) is 5.41 Å². The van der Waals surface area contributed by atoms with E-state index >= 15 is 0 Å². The first-order chi connectivity index (χ1) is 8.90. The van der Waals surface area contributed by atoms with Gasteiger partial charge < -0.3 is 5.11 Å². The maximum atomic E-state index is 11.2. The van der Waals surface area contributed by atoms with Gasteiger partial charge in [0.1, 0.15) is 0 Å². The lowest BCUT2D eigenvalue weighted by Crippen LogP contribution is -2.42. The summed E-state index contributed by atoms with van der Waals surface area (Å²) < 4.78 is 0. The van der Waals surface area contributed by atoms with Crippen LogP contribution in [0.25, 0.3) is 0 Å². The number of carbonyl (C=O) groups is 1. The Bertz CT molecular complexity index is 474. The summed E-state index contributed by atoms with van der Waals surface area (Å²) in [5, 5.41) is 9.22. The molecule has 0 atom stereocenters. The molecule has 1 aromatic carbocycles. The molecule has 0 aliphatic carbocycles. The number of hydrogen-bond donors (Lipinski definition) is 1. The Hall–Kier alpha value is -1.35. The third-order valence-corrected chi connectivity index (χ3v) is 4.45. The van der Waals surface area contributed by atoms with Crippen LogP contribution in [0.2, 0.25) is 0 Å². The SMILES string of the molecule is Cc1ccc(CN2CCC(C)(C(=O)O)CC2)cc1C. The number of likely N-dealkylation sites (tertiary alicyclic amines) is 1. The van der Waals surface area contributed by atoms with Crippen molar-refractivity contribution in [3.63, 3.8) is 0 Å². The maximum Gasteiger partial charge on any atom is 0.309 e. The van der Waals surface area contributed by atoms with Crippen molar-refractivity contribution in [2.24, 2.45) is 5.41 Å². The highest BCUT2D eigenvalue weighted by Crippen LogP contribution is 2.31. The Kier molecular flexibility index (Phi) is 3.95. The van der Waals surface area contributed by atoms with Gasteiger partial charge in [0.25, 0.3) is 0 Å². The lowest BCUT2D eigenvalue weighted by molar-refractivity contribution is -0.150. The van der Waals surface area contributed by atoms with Crippen molar-refractivity contribution in [1.82, 2.24) is 4.90 Å². The fourth-order valence-electron chi connectivity index (χ4n) is 2.58. The lowest BCUT2D eigenvalue weighted by atomic mass is 9.80. The number of carboxylic acids is 1. The van der Waals surface area contributed by atoms with E-state index < -0.39 is 11.4 Å². The van der Waals surface area contributed by atoms with Crippen molar-refractivity contribution < 1.29 is 9.90 Å². The van der Waals surface area contributed by atoms with Crippen LogP contribution in [0.15, 0.2) is 18.2 Å². The fourth-order valence-corrected chi connectivity index (χ4v) is 2.58. The van der Waals surface area contributed by atoms with E-state index in [4.69, 9.17) is 0 Å². The Morgan fingerprint density at radius 3 is 2.42 bits per heavy atom. The molecule has 0 radical (unpaired) electrons. The van der Waals surface area contributed by atoms with Crippen LogP contribution < -0.4 is 0 Å². The number of piperidine rings is 1. The molecule has 1 saturated heterocycles. The number of benzene rings is 1. The van der Waals surface area contributed by atoms with Crippen LogP contribution in [-0.4, -0.2) is 29.1 Å².